The van der Waals surface area contributed by atoms with Crippen LogP contribution in [0.5, 0.6) is 11.5 Å². The summed E-state index contributed by atoms with van der Waals surface area (Å²) >= 11 is 0. The molecule has 1 aromatic carbocycles. The SMILES string of the molecule is COc1cc2nc3c([n+](C)c2cc1OC)C=C(C)C(=O)C3(C)C. The maximum absolute atomic E-state index is 12.5. The Morgan fingerprint density at radius 1 is 1.13 bits per heavy atom. The number of ether oxygens (including phenoxy) is 2. The molecule has 23 heavy (non-hydrogen) atoms. The lowest BCUT2D eigenvalue weighted by atomic mass is 9.76. The third-order valence-electron chi connectivity index (χ3n) is 4.55. The van der Waals surface area contributed by atoms with Crippen molar-refractivity contribution < 1.29 is 18.8 Å². The average Bonchev–Trinajstić information content (AvgIpc) is 2.53. The number of methoxy groups -OCH3 is 2. The molecule has 0 aliphatic heterocycles. The Labute approximate surface area is 135 Å². The molecule has 0 saturated heterocycles. The van der Waals surface area contributed by atoms with E-state index < -0.39 is 5.41 Å². The molecule has 1 heterocycles. The van der Waals surface area contributed by atoms with Crippen LogP contribution in [-0.4, -0.2) is 25.0 Å². The fourth-order valence-electron chi connectivity index (χ4n) is 3.18. The Kier molecular flexibility index (Phi) is 3.39. The highest BCUT2D eigenvalue weighted by Crippen LogP contribution is 2.36. The van der Waals surface area contributed by atoms with Crippen LogP contribution in [0.2, 0.25) is 0 Å². The van der Waals surface area contributed by atoms with Crippen LogP contribution in [-0.2, 0) is 17.3 Å². The molecule has 0 radical (unpaired) electrons. The molecule has 1 aliphatic rings. The molecule has 120 valence electrons. The van der Waals surface area contributed by atoms with E-state index in [1.165, 1.54) is 0 Å². The van der Waals surface area contributed by atoms with Gasteiger partial charge in [0.2, 0.25) is 11.2 Å². The fourth-order valence-corrected chi connectivity index (χ4v) is 3.18. The first-order chi connectivity index (χ1) is 10.8. The number of aryl methyl sites for hydroxylation is 1. The highest BCUT2D eigenvalue weighted by atomic mass is 16.5. The van der Waals surface area contributed by atoms with Crippen LogP contribution in [0.1, 0.15) is 32.2 Å². The predicted molar refractivity (Wildman–Crippen MR) is 87.7 cm³/mol. The van der Waals surface area contributed by atoms with Gasteiger partial charge in [0.05, 0.1) is 25.7 Å². The number of hydrogen-bond acceptors (Lipinski definition) is 4. The van der Waals surface area contributed by atoms with Gasteiger partial charge in [-0.15, -0.1) is 0 Å². The highest BCUT2D eigenvalue weighted by molar-refractivity contribution is 6.08. The van der Waals surface area contributed by atoms with Gasteiger partial charge in [0.1, 0.15) is 18.3 Å². The third-order valence-corrected chi connectivity index (χ3v) is 4.55. The molecule has 0 fully saturated rings. The number of carbonyl (C=O) groups is 1. The van der Waals surface area contributed by atoms with Gasteiger partial charge in [0, 0.05) is 12.1 Å². The molecule has 1 aromatic heterocycles. The van der Waals surface area contributed by atoms with Crippen molar-refractivity contribution in [2.24, 2.45) is 7.05 Å². The first kappa shape index (κ1) is 15.5. The van der Waals surface area contributed by atoms with Crippen LogP contribution in [0, 0.1) is 0 Å². The van der Waals surface area contributed by atoms with E-state index in [9.17, 15) is 4.79 Å². The minimum Gasteiger partial charge on any atom is -0.493 e. The number of aromatic nitrogens is 2. The van der Waals surface area contributed by atoms with Gasteiger partial charge in [-0.3, -0.25) is 4.79 Å². The van der Waals surface area contributed by atoms with Gasteiger partial charge in [-0.05, 0) is 26.3 Å². The molecule has 5 nitrogen and oxygen atoms in total. The lowest BCUT2D eigenvalue weighted by molar-refractivity contribution is -0.647. The monoisotopic (exact) mass is 313 g/mol. The second-order valence-electron chi connectivity index (χ2n) is 6.38. The molecule has 3 rings (SSSR count). The van der Waals surface area contributed by atoms with Crippen molar-refractivity contribution in [2.45, 2.75) is 26.2 Å². The predicted octanol–water partition coefficient (Wildman–Crippen LogP) is 2.34. The van der Waals surface area contributed by atoms with Crippen LogP contribution in [0.4, 0.5) is 0 Å². The number of hydrogen-bond donors (Lipinski definition) is 0. The zero-order valence-corrected chi connectivity index (χ0v) is 14.4. The molecule has 1 aliphatic carbocycles. The Bertz CT molecular complexity index is 866. The van der Waals surface area contributed by atoms with Gasteiger partial charge in [0.15, 0.2) is 17.3 Å². The van der Waals surface area contributed by atoms with E-state index >= 15 is 0 Å². The van der Waals surface area contributed by atoms with E-state index in [2.05, 4.69) is 4.57 Å². The van der Waals surface area contributed by atoms with Crippen LogP contribution in [0.3, 0.4) is 0 Å². The number of ketones is 1. The first-order valence-electron chi connectivity index (χ1n) is 7.50. The van der Waals surface area contributed by atoms with E-state index in [0.717, 1.165) is 28.0 Å². The normalized spacial score (nSPS) is 16.1. The Balaban J connectivity index is 2.42. The van der Waals surface area contributed by atoms with Crippen molar-refractivity contribution in [3.63, 3.8) is 0 Å². The maximum Gasteiger partial charge on any atom is 0.235 e. The van der Waals surface area contributed by atoms with E-state index in [1.54, 1.807) is 14.2 Å². The molecular weight excluding hydrogens is 292 g/mol. The standard InChI is InChI=1S/C18H21N2O3/c1-10-7-13-16(18(2,3)17(10)21)19-11-8-14(22-5)15(23-6)9-12(11)20(13)4/h7-9H,1-6H3/q+1. The number of allylic oxidation sites excluding steroid dienone is 1. The fraction of sp³-hybridized carbons (Fsp3) is 0.389. The molecule has 2 aromatic rings. The molecule has 5 heteroatoms. The molecular formula is C18H21N2O3+. The third kappa shape index (κ3) is 2.11. The Morgan fingerprint density at radius 2 is 1.74 bits per heavy atom. The molecule has 0 unspecified atom stereocenters. The Morgan fingerprint density at radius 3 is 2.35 bits per heavy atom. The van der Waals surface area contributed by atoms with Gasteiger partial charge in [0.25, 0.3) is 0 Å². The summed E-state index contributed by atoms with van der Waals surface area (Å²) in [6.07, 6.45) is 1.91. The summed E-state index contributed by atoms with van der Waals surface area (Å²) in [7, 11) is 5.19. The Hall–Kier alpha value is -2.43. The van der Waals surface area contributed by atoms with E-state index in [4.69, 9.17) is 14.5 Å². The van der Waals surface area contributed by atoms with Crippen molar-refractivity contribution >= 4 is 22.9 Å². The zero-order valence-electron chi connectivity index (χ0n) is 14.4. The zero-order chi connectivity index (χ0) is 16.9. The number of Topliss-reactive ketones (excluding diaryl/α,β-unsaturated/α-hetero) is 1. The summed E-state index contributed by atoms with van der Waals surface area (Å²) in [6.45, 7) is 5.69. The van der Waals surface area contributed by atoms with Crippen molar-refractivity contribution in [3.8, 4) is 11.5 Å². The van der Waals surface area contributed by atoms with Gasteiger partial charge in [-0.1, -0.05) is 0 Å². The summed E-state index contributed by atoms with van der Waals surface area (Å²) in [5, 5.41) is 0. The largest absolute Gasteiger partial charge is 0.493 e. The molecule has 0 N–H and O–H groups in total. The van der Waals surface area contributed by atoms with E-state index in [1.807, 2.05) is 46.0 Å². The van der Waals surface area contributed by atoms with Gasteiger partial charge < -0.3 is 9.47 Å². The summed E-state index contributed by atoms with van der Waals surface area (Å²) in [5.74, 6) is 1.39. The van der Waals surface area contributed by atoms with Gasteiger partial charge >= 0.3 is 0 Å². The van der Waals surface area contributed by atoms with Crippen LogP contribution >= 0.6 is 0 Å². The number of rotatable bonds is 2. The minimum absolute atomic E-state index is 0.109. The lowest BCUT2D eigenvalue weighted by Gasteiger charge is -2.27. The topological polar surface area (TPSA) is 52.3 Å². The van der Waals surface area contributed by atoms with Crippen molar-refractivity contribution in [2.75, 3.05) is 14.2 Å². The quantitative estimate of drug-likeness (QED) is 0.799. The lowest BCUT2D eigenvalue weighted by Crippen LogP contribution is -2.43. The summed E-state index contributed by atoms with van der Waals surface area (Å²) < 4.78 is 12.8. The second kappa shape index (κ2) is 5.05. The van der Waals surface area contributed by atoms with Crippen LogP contribution < -0.4 is 14.0 Å². The van der Waals surface area contributed by atoms with Crippen LogP contribution in [0.15, 0.2) is 17.7 Å². The van der Waals surface area contributed by atoms with Gasteiger partial charge in [-0.25, -0.2) is 4.98 Å². The van der Waals surface area contributed by atoms with Crippen molar-refractivity contribution in [1.29, 1.82) is 0 Å². The number of nitrogens with zero attached hydrogens (tertiary/aromatic N) is 2. The summed E-state index contributed by atoms with van der Waals surface area (Å²) in [4.78, 5) is 17.3. The molecule has 0 atom stereocenters. The highest BCUT2D eigenvalue weighted by Gasteiger charge is 2.41. The first-order valence-corrected chi connectivity index (χ1v) is 7.50. The number of carbonyl (C=O) groups excluding carboxylic acids is 1. The average molecular weight is 313 g/mol. The minimum atomic E-state index is -0.646. The molecule has 0 bridgehead atoms. The van der Waals surface area contributed by atoms with E-state index in [-0.39, 0.29) is 5.78 Å². The number of benzene rings is 1. The molecule has 0 saturated carbocycles. The summed E-state index contributed by atoms with van der Waals surface area (Å²) in [6, 6.07) is 3.76. The smallest absolute Gasteiger partial charge is 0.235 e. The van der Waals surface area contributed by atoms with Crippen molar-refractivity contribution in [3.05, 3.63) is 29.1 Å². The molecule has 0 spiro atoms. The molecule has 0 amide bonds. The van der Waals surface area contributed by atoms with E-state index in [0.29, 0.717) is 11.5 Å². The second-order valence-corrected chi connectivity index (χ2v) is 6.38. The van der Waals surface area contributed by atoms with Crippen molar-refractivity contribution in [1.82, 2.24) is 4.98 Å². The summed E-state index contributed by atoms with van der Waals surface area (Å²) in [5.41, 5.74) is 3.54. The van der Waals surface area contributed by atoms with Gasteiger partial charge in [-0.2, -0.15) is 4.57 Å². The van der Waals surface area contributed by atoms with Crippen LogP contribution in [0.25, 0.3) is 17.1 Å². The number of fused-ring (bicyclic) bond motifs is 2. The maximum atomic E-state index is 12.5.